The lowest BCUT2D eigenvalue weighted by atomic mass is 9.97. The van der Waals surface area contributed by atoms with Crippen LogP contribution in [0.3, 0.4) is 0 Å². The molecule has 6 heteroatoms. The van der Waals surface area contributed by atoms with E-state index in [-0.39, 0.29) is 6.42 Å². The normalized spacial score (nSPS) is 19.8. The first-order chi connectivity index (χ1) is 9.59. The fraction of sp³-hybridized carbons (Fsp3) is 0.429. The van der Waals surface area contributed by atoms with Gasteiger partial charge in [0.2, 0.25) is 11.8 Å². The lowest BCUT2D eigenvalue weighted by Crippen LogP contribution is -2.59. The molecule has 2 rings (SSSR count). The van der Waals surface area contributed by atoms with Crippen LogP contribution in [0.25, 0.3) is 0 Å². The summed E-state index contributed by atoms with van der Waals surface area (Å²) in [6.07, 6.45) is -0.0232. The molecule has 108 valence electrons. The third-order valence-electron chi connectivity index (χ3n) is 3.71. The molecule has 1 fully saturated rings. The molecular weight excluding hydrogens is 262 g/mol. The number of aliphatic hydroxyl groups excluding tert-OH is 3. The van der Waals surface area contributed by atoms with Gasteiger partial charge in [-0.2, -0.15) is 0 Å². The number of hydrogen-bond acceptors (Lipinski definition) is 5. The number of likely N-dealkylation sites (tertiary alicyclic amines) is 1. The van der Waals surface area contributed by atoms with Crippen LogP contribution < -0.4 is 0 Å². The summed E-state index contributed by atoms with van der Waals surface area (Å²) < 4.78 is 0. The molecule has 1 aliphatic rings. The second-order valence-corrected chi connectivity index (χ2v) is 4.93. The third kappa shape index (κ3) is 2.22. The summed E-state index contributed by atoms with van der Waals surface area (Å²) in [5, 5.41) is 28.1. The van der Waals surface area contributed by atoms with Gasteiger partial charge in [-0.3, -0.25) is 14.5 Å². The molecule has 0 radical (unpaired) electrons. The fourth-order valence-corrected chi connectivity index (χ4v) is 2.44. The lowest BCUT2D eigenvalue weighted by molar-refractivity contribution is -0.153. The van der Waals surface area contributed by atoms with Crippen LogP contribution in [0.1, 0.15) is 17.9 Å². The van der Waals surface area contributed by atoms with E-state index in [9.17, 15) is 24.9 Å². The van der Waals surface area contributed by atoms with Crippen molar-refractivity contribution in [3.05, 3.63) is 35.9 Å². The van der Waals surface area contributed by atoms with Crippen molar-refractivity contribution >= 4 is 11.8 Å². The van der Waals surface area contributed by atoms with E-state index in [4.69, 9.17) is 0 Å². The van der Waals surface area contributed by atoms with E-state index in [1.54, 1.807) is 24.3 Å². The van der Waals surface area contributed by atoms with E-state index >= 15 is 0 Å². The Morgan fingerprint density at radius 1 is 1.05 bits per heavy atom. The molecule has 20 heavy (non-hydrogen) atoms. The summed E-state index contributed by atoms with van der Waals surface area (Å²) in [6.45, 7) is -2.04. The zero-order valence-electron chi connectivity index (χ0n) is 10.9. The molecule has 3 N–H and O–H groups in total. The minimum atomic E-state index is -1.64. The van der Waals surface area contributed by atoms with E-state index in [0.717, 1.165) is 4.90 Å². The van der Waals surface area contributed by atoms with E-state index in [0.29, 0.717) is 5.56 Å². The van der Waals surface area contributed by atoms with Crippen LogP contribution in [0.4, 0.5) is 0 Å². The average Bonchev–Trinajstić information content (AvgIpc) is 2.79. The molecule has 1 heterocycles. The number of aliphatic hydroxyl groups is 3. The summed E-state index contributed by atoms with van der Waals surface area (Å²) in [4.78, 5) is 25.3. The van der Waals surface area contributed by atoms with Crippen LogP contribution in [0.2, 0.25) is 0 Å². The molecule has 1 atom stereocenters. The molecule has 1 aliphatic heterocycles. The quantitative estimate of drug-likeness (QED) is 0.616. The minimum Gasteiger partial charge on any atom is -0.394 e. The van der Waals surface area contributed by atoms with Gasteiger partial charge in [0.05, 0.1) is 25.7 Å². The van der Waals surface area contributed by atoms with Crippen molar-refractivity contribution in [1.29, 1.82) is 0 Å². The van der Waals surface area contributed by atoms with Crippen molar-refractivity contribution in [3.63, 3.8) is 0 Å². The molecule has 0 spiro atoms. The molecule has 1 aromatic rings. The number of nitrogens with zero attached hydrogens (tertiary/aromatic N) is 1. The zero-order chi connectivity index (χ0) is 14.8. The van der Waals surface area contributed by atoms with Gasteiger partial charge in [-0.25, -0.2) is 0 Å². The van der Waals surface area contributed by atoms with Crippen LogP contribution in [-0.4, -0.2) is 57.4 Å². The van der Waals surface area contributed by atoms with Crippen molar-refractivity contribution in [2.24, 2.45) is 0 Å². The van der Waals surface area contributed by atoms with Crippen molar-refractivity contribution in [1.82, 2.24) is 4.90 Å². The van der Waals surface area contributed by atoms with Gasteiger partial charge in [-0.15, -0.1) is 0 Å². The highest BCUT2D eigenvalue weighted by atomic mass is 16.3. The van der Waals surface area contributed by atoms with Gasteiger partial charge in [0.25, 0.3) is 0 Å². The van der Waals surface area contributed by atoms with Gasteiger partial charge in [0, 0.05) is 6.42 Å². The summed E-state index contributed by atoms with van der Waals surface area (Å²) in [7, 11) is 0. The smallest absolute Gasteiger partial charge is 0.238 e. The predicted octanol–water partition coefficient (Wildman–Crippen LogP) is -0.755. The Balaban J connectivity index is 2.34. The molecule has 2 amide bonds. The highest BCUT2D eigenvalue weighted by molar-refractivity contribution is 6.07. The van der Waals surface area contributed by atoms with Gasteiger partial charge >= 0.3 is 0 Å². The van der Waals surface area contributed by atoms with Crippen LogP contribution in [0.15, 0.2) is 30.3 Å². The summed E-state index contributed by atoms with van der Waals surface area (Å²) >= 11 is 0. The van der Waals surface area contributed by atoms with Crippen LogP contribution in [-0.2, 0) is 9.59 Å². The summed E-state index contributed by atoms with van der Waals surface area (Å²) in [6, 6.07) is 8.85. The second-order valence-electron chi connectivity index (χ2n) is 4.93. The molecule has 0 saturated carbocycles. The maximum Gasteiger partial charge on any atom is 0.238 e. The Hall–Kier alpha value is -1.76. The number of amides is 2. The Labute approximate surface area is 116 Å². The molecule has 0 bridgehead atoms. The van der Waals surface area contributed by atoms with Gasteiger partial charge in [-0.1, -0.05) is 30.3 Å². The van der Waals surface area contributed by atoms with Crippen molar-refractivity contribution in [3.8, 4) is 0 Å². The molecule has 1 aromatic carbocycles. The van der Waals surface area contributed by atoms with E-state index < -0.39 is 43.1 Å². The first-order valence-electron chi connectivity index (χ1n) is 6.34. The number of rotatable bonds is 5. The van der Waals surface area contributed by atoms with Crippen molar-refractivity contribution in [2.75, 3.05) is 19.8 Å². The van der Waals surface area contributed by atoms with Crippen molar-refractivity contribution in [2.45, 2.75) is 17.9 Å². The molecule has 1 unspecified atom stereocenters. The zero-order valence-corrected chi connectivity index (χ0v) is 10.9. The second kappa shape index (κ2) is 5.70. The van der Waals surface area contributed by atoms with Crippen LogP contribution in [0.5, 0.6) is 0 Å². The fourth-order valence-electron chi connectivity index (χ4n) is 2.44. The average molecular weight is 279 g/mol. The molecule has 1 saturated heterocycles. The van der Waals surface area contributed by atoms with Gasteiger partial charge in [0.15, 0.2) is 0 Å². The first kappa shape index (κ1) is 14.6. The lowest BCUT2D eigenvalue weighted by Gasteiger charge is -2.36. The first-order valence-corrected chi connectivity index (χ1v) is 6.34. The number of imide groups is 1. The minimum absolute atomic E-state index is 0.0232. The molecule has 6 nitrogen and oxygen atoms in total. The van der Waals surface area contributed by atoms with E-state index in [2.05, 4.69) is 0 Å². The number of carbonyl (C=O) groups excluding carboxylic acids is 2. The molecule has 0 aromatic heterocycles. The molecular formula is C14H17NO5. The number of hydrogen-bond donors (Lipinski definition) is 3. The number of benzene rings is 1. The molecule has 0 aliphatic carbocycles. The highest BCUT2D eigenvalue weighted by Crippen LogP contribution is 2.33. The topological polar surface area (TPSA) is 98.1 Å². The maximum atomic E-state index is 12.4. The predicted molar refractivity (Wildman–Crippen MR) is 69.6 cm³/mol. The summed E-state index contributed by atoms with van der Waals surface area (Å²) in [5.74, 6) is -1.63. The SMILES string of the molecule is O=C1CC(c2ccccc2)C(=O)N1C(CO)(CO)CO. The van der Waals surface area contributed by atoms with Gasteiger partial charge in [-0.05, 0) is 5.56 Å². The third-order valence-corrected chi connectivity index (χ3v) is 3.71. The Bertz CT molecular complexity index is 489. The van der Waals surface area contributed by atoms with Gasteiger partial charge in [0.1, 0.15) is 5.54 Å². The summed E-state index contributed by atoms with van der Waals surface area (Å²) in [5.41, 5.74) is -0.936. The highest BCUT2D eigenvalue weighted by Gasteiger charge is 2.50. The Kier molecular flexibility index (Phi) is 4.17. The maximum absolute atomic E-state index is 12.4. The van der Waals surface area contributed by atoms with Crippen LogP contribution in [0, 0.1) is 0 Å². The Morgan fingerprint density at radius 2 is 1.60 bits per heavy atom. The van der Waals surface area contributed by atoms with E-state index in [1.807, 2.05) is 6.07 Å². The van der Waals surface area contributed by atoms with Gasteiger partial charge < -0.3 is 15.3 Å². The number of carbonyl (C=O) groups is 2. The Morgan fingerprint density at radius 3 is 2.10 bits per heavy atom. The van der Waals surface area contributed by atoms with Crippen molar-refractivity contribution < 1.29 is 24.9 Å². The van der Waals surface area contributed by atoms with Crippen LogP contribution >= 0.6 is 0 Å². The van der Waals surface area contributed by atoms with E-state index in [1.165, 1.54) is 0 Å². The largest absolute Gasteiger partial charge is 0.394 e. The monoisotopic (exact) mass is 279 g/mol. The standard InChI is InChI=1S/C14H17NO5/c16-7-14(8-17,9-18)15-12(19)6-11(13(15)20)10-4-2-1-3-5-10/h1-5,11,16-18H,6-9H2.